The van der Waals surface area contributed by atoms with Crippen molar-refractivity contribution in [2.75, 3.05) is 25.6 Å². The van der Waals surface area contributed by atoms with E-state index in [-0.39, 0.29) is 19.1 Å². The number of amides is 1. The van der Waals surface area contributed by atoms with Gasteiger partial charge >= 0.3 is 0 Å². The largest absolute Gasteiger partial charge is 0.497 e. The number of rotatable bonds is 8. The molecule has 0 spiro atoms. The van der Waals surface area contributed by atoms with Crippen molar-refractivity contribution in [1.82, 2.24) is 5.43 Å². The summed E-state index contributed by atoms with van der Waals surface area (Å²) < 4.78 is 11.8. The molecule has 0 aliphatic heterocycles. The van der Waals surface area contributed by atoms with Gasteiger partial charge in [-0.15, -0.1) is 6.42 Å². The van der Waals surface area contributed by atoms with E-state index in [2.05, 4.69) is 44.4 Å². The lowest BCUT2D eigenvalue weighted by atomic mass is 10.2. The van der Waals surface area contributed by atoms with Crippen molar-refractivity contribution in [1.29, 1.82) is 0 Å². The molecule has 2 rings (SSSR count). The molecule has 0 unspecified atom stereocenters. The van der Waals surface area contributed by atoms with Crippen molar-refractivity contribution in [3.63, 3.8) is 0 Å². The van der Waals surface area contributed by atoms with Crippen LogP contribution in [0.3, 0.4) is 0 Å². The summed E-state index contributed by atoms with van der Waals surface area (Å²) in [6, 6.07) is 13.0. The highest BCUT2D eigenvalue weighted by atomic mass is 127. The predicted molar refractivity (Wildman–Crippen MR) is 111 cm³/mol. The number of anilines is 1. The summed E-state index contributed by atoms with van der Waals surface area (Å²) in [4.78, 5) is 11.9. The maximum atomic E-state index is 11.9. The third-order valence-corrected chi connectivity index (χ3v) is 3.94. The molecule has 0 atom stereocenters. The van der Waals surface area contributed by atoms with E-state index < -0.39 is 0 Å². The van der Waals surface area contributed by atoms with E-state index in [9.17, 15) is 4.79 Å². The number of nitrogens with zero attached hydrogens (tertiary/aromatic N) is 1. The molecule has 0 bridgehead atoms. The van der Waals surface area contributed by atoms with Gasteiger partial charge < -0.3 is 14.8 Å². The van der Waals surface area contributed by atoms with E-state index in [1.165, 1.54) is 6.21 Å². The maximum absolute atomic E-state index is 11.9. The van der Waals surface area contributed by atoms with Gasteiger partial charge in [-0.2, -0.15) is 5.10 Å². The average Bonchev–Trinajstić information content (AvgIpc) is 2.66. The molecule has 0 aliphatic rings. The molecule has 2 aromatic carbocycles. The number of methoxy groups -OCH3 is 1. The Morgan fingerprint density at radius 1 is 1.31 bits per heavy atom. The van der Waals surface area contributed by atoms with Crippen molar-refractivity contribution in [2.45, 2.75) is 0 Å². The number of carbonyl (C=O) groups is 1. The number of nitrogens with one attached hydrogen (secondary N) is 2. The van der Waals surface area contributed by atoms with Crippen LogP contribution in [0.15, 0.2) is 47.6 Å². The summed E-state index contributed by atoms with van der Waals surface area (Å²) in [7, 11) is 1.57. The molecule has 6 nitrogen and oxygen atoms in total. The van der Waals surface area contributed by atoms with Crippen LogP contribution in [0.25, 0.3) is 0 Å². The molecule has 0 aromatic heterocycles. The molecule has 0 heterocycles. The van der Waals surface area contributed by atoms with Gasteiger partial charge in [0.15, 0.2) is 0 Å². The number of benzene rings is 2. The Labute approximate surface area is 166 Å². The summed E-state index contributed by atoms with van der Waals surface area (Å²) in [5.74, 6) is 3.34. The average molecular weight is 463 g/mol. The Balaban J connectivity index is 1.92. The van der Waals surface area contributed by atoms with Crippen LogP contribution in [-0.2, 0) is 4.79 Å². The topological polar surface area (TPSA) is 72.0 Å². The summed E-state index contributed by atoms with van der Waals surface area (Å²) >= 11 is 2.22. The summed E-state index contributed by atoms with van der Waals surface area (Å²) in [5.41, 5.74) is 3.97. The number of terminal acetylenes is 1. The van der Waals surface area contributed by atoms with Crippen LogP contribution in [0.5, 0.6) is 11.5 Å². The first kappa shape index (κ1) is 19.6. The first-order valence-corrected chi connectivity index (χ1v) is 8.76. The lowest BCUT2D eigenvalue weighted by Gasteiger charge is -2.08. The van der Waals surface area contributed by atoms with E-state index in [0.717, 1.165) is 9.26 Å². The highest BCUT2D eigenvalue weighted by Crippen LogP contribution is 2.22. The minimum Gasteiger partial charge on any atom is -0.497 e. The van der Waals surface area contributed by atoms with Crippen LogP contribution >= 0.6 is 22.6 Å². The zero-order valence-electron chi connectivity index (χ0n) is 14.2. The second-order valence-electron chi connectivity index (χ2n) is 5.05. The van der Waals surface area contributed by atoms with Crippen LogP contribution in [0.2, 0.25) is 0 Å². The van der Waals surface area contributed by atoms with Gasteiger partial charge in [0.1, 0.15) is 18.1 Å². The molecule has 26 heavy (non-hydrogen) atoms. The van der Waals surface area contributed by atoms with Crippen molar-refractivity contribution in [3.8, 4) is 23.8 Å². The van der Waals surface area contributed by atoms with Gasteiger partial charge in [0.05, 0.1) is 19.9 Å². The highest BCUT2D eigenvalue weighted by Gasteiger charge is 2.04. The lowest BCUT2D eigenvalue weighted by molar-refractivity contribution is -0.119. The Morgan fingerprint density at radius 2 is 2.08 bits per heavy atom. The number of hydrazone groups is 1. The van der Waals surface area contributed by atoms with Crippen LogP contribution < -0.4 is 20.2 Å². The smallest absolute Gasteiger partial charge is 0.259 e. The molecule has 0 saturated carbocycles. The molecule has 0 aliphatic carbocycles. The van der Waals surface area contributed by atoms with Gasteiger partial charge in [-0.1, -0.05) is 5.92 Å². The van der Waals surface area contributed by atoms with Crippen molar-refractivity contribution >= 4 is 40.4 Å². The van der Waals surface area contributed by atoms with Crippen molar-refractivity contribution in [2.24, 2.45) is 5.10 Å². The molecular formula is C19H18IN3O3. The third kappa shape index (κ3) is 6.29. The Hall–Kier alpha value is -2.73. The molecule has 134 valence electrons. The molecule has 0 fully saturated rings. The first-order valence-electron chi connectivity index (χ1n) is 7.68. The van der Waals surface area contributed by atoms with Gasteiger partial charge in [0.2, 0.25) is 0 Å². The zero-order valence-corrected chi connectivity index (χ0v) is 16.3. The standard InChI is InChI=1S/C19H18IN3O3/c1-3-10-26-18-9-8-17(25-2)11-14(18)12-22-23-19(24)13-21-16-6-4-15(20)5-7-16/h1,4-9,11-12,21H,10,13H2,2H3,(H,23,24)/b22-12-. The minimum absolute atomic E-state index is 0.108. The van der Waals surface area contributed by atoms with Crippen LogP contribution in [0, 0.1) is 15.9 Å². The van der Waals surface area contributed by atoms with Crippen LogP contribution in [-0.4, -0.2) is 32.4 Å². The SMILES string of the molecule is C#CCOc1ccc(OC)cc1/C=N\NC(=O)CNc1ccc(I)cc1. The fourth-order valence-electron chi connectivity index (χ4n) is 1.97. The number of carbonyl (C=O) groups excluding carboxylic acids is 1. The van der Waals surface area contributed by atoms with Crippen molar-refractivity contribution < 1.29 is 14.3 Å². The summed E-state index contributed by atoms with van der Waals surface area (Å²) in [6.45, 7) is 0.246. The van der Waals surface area contributed by atoms with Crippen molar-refractivity contribution in [3.05, 3.63) is 51.6 Å². The second kappa shape index (κ2) is 10.3. The molecular weight excluding hydrogens is 445 g/mol. The number of hydrogen-bond donors (Lipinski definition) is 2. The normalized spacial score (nSPS) is 10.2. The fourth-order valence-corrected chi connectivity index (χ4v) is 2.33. The Bertz CT molecular complexity index is 814. The maximum Gasteiger partial charge on any atom is 0.259 e. The summed E-state index contributed by atoms with van der Waals surface area (Å²) in [5, 5.41) is 6.98. The van der Waals surface area contributed by atoms with Crippen LogP contribution in [0.1, 0.15) is 5.56 Å². The zero-order chi connectivity index (χ0) is 18.8. The summed E-state index contributed by atoms with van der Waals surface area (Å²) in [6.07, 6.45) is 6.70. The van der Waals surface area contributed by atoms with E-state index in [0.29, 0.717) is 17.1 Å². The highest BCUT2D eigenvalue weighted by molar-refractivity contribution is 14.1. The number of halogens is 1. The van der Waals surface area contributed by atoms with Gasteiger partial charge in [0.25, 0.3) is 5.91 Å². The van der Waals surface area contributed by atoms with Gasteiger partial charge in [-0.05, 0) is 65.1 Å². The van der Waals surface area contributed by atoms with E-state index in [4.69, 9.17) is 15.9 Å². The van der Waals surface area contributed by atoms with Crippen LogP contribution in [0.4, 0.5) is 5.69 Å². The van der Waals surface area contributed by atoms with Gasteiger partial charge in [-0.25, -0.2) is 5.43 Å². The number of hydrogen-bond acceptors (Lipinski definition) is 5. The minimum atomic E-state index is -0.270. The van der Waals surface area contributed by atoms with E-state index in [1.807, 2.05) is 24.3 Å². The first-order chi connectivity index (χ1) is 12.6. The molecule has 2 N–H and O–H groups in total. The van der Waals surface area contributed by atoms with Gasteiger partial charge in [0, 0.05) is 14.8 Å². The fraction of sp³-hybridized carbons (Fsp3) is 0.158. The number of ether oxygens (including phenoxy) is 2. The molecule has 1 amide bonds. The Kier molecular flexibility index (Phi) is 7.76. The second-order valence-corrected chi connectivity index (χ2v) is 6.30. The molecule has 0 radical (unpaired) electrons. The molecule has 2 aromatic rings. The predicted octanol–water partition coefficient (Wildman–Crippen LogP) is 2.87. The van der Waals surface area contributed by atoms with Gasteiger partial charge in [-0.3, -0.25) is 4.79 Å². The quantitative estimate of drug-likeness (QED) is 0.274. The molecule has 0 saturated heterocycles. The third-order valence-electron chi connectivity index (χ3n) is 3.22. The van der Waals surface area contributed by atoms with E-state index >= 15 is 0 Å². The monoisotopic (exact) mass is 463 g/mol. The lowest BCUT2D eigenvalue weighted by Crippen LogP contribution is -2.25. The van der Waals surface area contributed by atoms with E-state index in [1.54, 1.807) is 25.3 Å². The molecule has 7 heteroatoms. The Morgan fingerprint density at radius 3 is 2.77 bits per heavy atom.